The zero-order valence-electron chi connectivity index (χ0n) is 12.5. The van der Waals surface area contributed by atoms with Crippen LogP contribution in [-0.4, -0.2) is 60.4 Å². The number of carboxylic acid groups (broad SMARTS) is 1. The van der Waals surface area contributed by atoms with E-state index >= 15 is 0 Å². The zero-order chi connectivity index (χ0) is 17.9. The van der Waals surface area contributed by atoms with Crippen molar-refractivity contribution in [1.82, 2.24) is 10.2 Å². The number of hydrogen-bond donors (Lipinski definition) is 3. The molecule has 11 heteroatoms. The number of carbonyl (C=O) groups excluding carboxylic acids is 2. The molecule has 0 saturated carbocycles. The van der Waals surface area contributed by atoms with Crippen molar-refractivity contribution in [2.75, 3.05) is 18.8 Å². The first-order valence-corrected chi connectivity index (χ1v) is 9.61. The molecule has 2 heterocycles. The van der Waals surface area contributed by atoms with Gasteiger partial charge in [-0.2, -0.15) is 0 Å². The largest absolute Gasteiger partial charge is 0.480 e. The number of carbonyl (C=O) groups is 3. The number of carboxylic acids is 1. The summed E-state index contributed by atoms with van der Waals surface area (Å²) in [7, 11) is -3.76. The van der Waals surface area contributed by atoms with E-state index in [1.807, 2.05) is 0 Å². The molecule has 0 radical (unpaired) electrons. The molecule has 0 aliphatic carbocycles. The molecule has 2 rings (SSSR count). The number of sulfone groups is 1. The van der Waals surface area contributed by atoms with E-state index in [2.05, 4.69) is 5.32 Å². The highest BCUT2D eigenvalue weighted by Gasteiger charge is 2.40. The van der Waals surface area contributed by atoms with E-state index in [0.717, 1.165) is 4.88 Å². The first-order chi connectivity index (χ1) is 11.2. The highest BCUT2D eigenvalue weighted by Crippen LogP contribution is 2.24. The average Bonchev–Trinajstić information content (AvgIpc) is 2.99. The van der Waals surface area contributed by atoms with Crippen LogP contribution in [0.2, 0.25) is 0 Å². The normalized spacial score (nSPS) is 21.0. The minimum Gasteiger partial charge on any atom is -0.480 e. The van der Waals surface area contributed by atoms with Crippen LogP contribution < -0.4 is 11.1 Å². The van der Waals surface area contributed by atoms with Crippen molar-refractivity contribution in [2.24, 2.45) is 5.73 Å². The van der Waals surface area contributed by atoms with E-state index in [0.29, 0.717) is 0 Å². The summed E-state index contributed by atoms with van der Waals surface area (Å²) in [5.74, 6) is -2.32. The number of primary amides is 1. The molecule has 1 aliphatic heterocycles. The van der Waals surface area contributed by atoms with Crippen LogP contribution in [0.3, 0.4) is 0 Å². The molecule has 3 amide bonds. The minimum atomic E-state index is -3.76. The van der Waals surface area contributed by atoms with Crippen LogP contribution in [0.15, 0.2) is 17.5 Å². The molecule has 4 N–H and O–H groups in total. The SMILES string of the molecule is NC(=O)NC(CC(=O)N1CCS(=O)(=O)C(C(=O)O)C1)c1cccs1. The average molecular weight is 375 g/mol. The fourth-order valence-corrected chi connectivity index (χ4v) is 4.68. The topological polar surface area (TPSA) is 147 Å². The first kappa shape index (κ1) is 18.2. The summed E-state index contributed by atoms with van der Waals surface area (Å²) < 4.78 is 23.5. The van der Waals surface area contributed by atoms with Crippen molar-refractivity contribution in [2.45, 2.75) is 17.7 Å². The summed E-state index contributed by atoms with van der Waals surface area (Å²) in [5.41, 5.74) is 5.12. The van der Waals surface area contributed by atoms with Crippen LogP contribution in [0.4, 0.5) is 4.79 Å². The number of urea groups is 1. The summed E-state index contributed by atoms with van der Waals surface area (Å²) in [5, 5.41) is 11.7. The molecule has 0 aromatic carbocycles. The van der Waals surface area contributed by atoms with Gasteiger partial charge in [0, 0.05) is 18.0 Å². The van der Waals surface area contributed by atoms with E-state index in [-0.39, 0.29) is 13.0 Å². The van der Waals surface area contributed by atoms with Crippen LogP contribution in [0.5, 0.6) is 0 Å². The van der Waals surface area contributed by atoms with Crippen molar-refractivity contribution in [3.05, 3.63) is 22.4 Å². The Bertz CT molecular complexity index is 731. The fraction of sp³-hybridized carbons (Fsp3) is 0.462. The van der Waals surface area contributed by atoms with Gasteiger partial charge >= 0.3 is 12.0 Å². The maximum atomic E-state index is 12.4. The Kier molecular flexibility index (Phi) is 5.44. The molecule has 24 heavy (non-hydrogen) atoms. The Balaban J connectivity index is 2.10. The van der Waals surface area contributed by atoms with Crippen molar-refractivity contribution in [1.29, 1.82) is 0 Å². The van der Waals surface area contributed by atoms with E-state index < -0.39 is 51.3 Å². The molecule has 2 unspecified atom stereocenters. The number of rotatable bonds is 5. The van der Waals surface area contributed by atoms with Crippen molar-refractivity contribution in [3.8, 4) is 0 Å². The molecule has 0 bridgehead atoms. The predicted octanol–water partition coefficient (Wildman–Crippen LogP) is -0.442. The van der Waals surface area contributed by atoms with Crippen LogP contribution >= 0.6 is 11.3 Å². The quantitative estimate of drug-likeness (QED) is 0.635. The first-order valence-electron chi connectivity index (χ1n) is 7.02. The van der Waals surface area contributed by atoms with Gasteiger partial charge in [0.25, 0.3) is 0 Å². The molecule has 1 fully saturated rings. The van der Waals surface area contributed by atoms with Gasteiger partial charge < -0.3 is 21.1 Å². The van der Waals surface area contributed by atoms with Crippen molar-refractivity contribution < 1.29 is 27.9 Å². The van der Waals surface area contributed by atoms with Crippen LogP contribution in [0.1, 0.15) is 17.3 Å². The standard InChI is InChI=1S/C13H17N3O6S2/c14-13(20)15-8(9-2-1-4-23-9)6-11(17)16-3-5-24(21,22)10(7-16)12(18)19/h1-2,4,8,10H,3,5-7H2,(H,18,19)(H3,14,15,20). The van der Waals surface area contributed by atoms with Gasteiger partial charge in [0.1, 0.15) is 0 Å². The smallest absolute Gasteiger partial charge is 0.323 e. The van der Waals surface area contributed by atoms with E-state index in [4.69, 9.17) is 10.8 Å². The molecule has 1 saturated heterocycles. The van der Waals surface area contributed by atoms with Crippen LogP contribution in [0, 0.1) is 0 Å². The number of nitrogens with one attached hydrogen (secondary N) is 1. The van der Waals surface area contributed by atoms with Crippen molar-refractivity contribution in [3.63, 3.8) is 0 Å². The lowest BCUT2D eigenvalue weighted by Gasteiger charge is -2.31. The molecular formula is C13H17N3O6S2. The summed E-state index contributed by atoms with van der Waals surface area (Å²) in [6.45, 7) is -0.469. The molecule has 0 spiro atoms. The highest BCUT2D eigenvalue weighted by atomic mass is 32.2. The monoisotopic (exact) mass is 375 g/mol. The molecule has 9 nitrogen and oxygen atoms in total. The van der Waals surface area contributed by atoms with Crippen LogP contribution in [0.25, 0.3) is 0 Å². The second-order valence-electron chi connectivity index (χ2n) is 5.31. The number of aliphatic carboxylic acids is 1. The Hall–Kier alpha value is -2.14. The van der Waals surface area contributed by atoms with Gasteiger partial charge in [-0.3, -0.25) is 9.59 Å². The Labute approximate surface area is 142 Å². The lowest BCUT2D eigenvalue weighted by molar-refractivity contribution is -0.138. The maximum absolute atomic E-state index is 12.4. The second-order valence-corrected chi connectivity index (χ2v) is 8.60. The number of amides is 3. The molecule has 1 aliphatic rings. The van der Waals surface area contributed by atoms with Crippen LogP contribution in [-0.2, 0) is 19.4 Å². The third-order valence-electron chi connectivity index (χ3n) is 3.68. The van der Waals surface area contributed by atoms with E-state index in [1.54, 1.807) is 17.5 Å². The summed E-state index contributed by atoms with van der Waals surface area (Å²) in [6.07, 6.45) is -0.129. The molecule has 1 aromatic rings. The van der Waals surface area contributed by atoms with E-state index in [1.165, 1.54) is 16.2 Å². The number of hydrogen-bond acceptors (Lipinski definition) is 6. The Morgan fingerprint density at radius 2 is 2.17 bits per heavy atom. The summed E-state index contributed by atoms with van der Waals surface area (Å²) in [4.78, 5) is 36.6. The number of thiophene rings is 1. The third kappa shape index (κ3) is 4.23. The summed E-state index contributed by atoms with van der Waals surface area (Å²) >= 11 is 1.34. The Morgan fingerprint density at radius 1 is 1.46 bits per heavy atom. The minimum absolute atomic E-state index is 0.0708. The maximum Gasteiger partial charge on any atom is 0.323 e. The molecule has 132 valence electrons. The van der Waals surface area contributed by atoms with Crippen molar-refractivity contribution >= 4 is 39.1 Å². The number of nitrogens with zero attached hydrogens (tertiary/aromatic N) is 1. The third-order valence-corrected chi connectivity index (χ3v) is 6.63. The predicted molar refractivity (Wildman–Crippen MR) is 86.2 cm³/mol. The van der Waals surface area contributed by atoms with Gasteiger partial charge in [-0.25, -0.2) is 13.2 Å². The van der Waals surface area contributed by atoms with Gasteiger partial charge in [0.05, 0.1) is 18.2 Å². The fourth-order valence-electron chi connectivity index (χ4n) is 2.43. The highest BCUT2D eigenvalue weighted by molar-refractivity contribution is 7.92. The molecule has 2 atom stereocenters. The van der Waals surface area contributed by atoms with E-state index in [9.17, 15) is 22.8 Å². The van der Waals surface area contributed by atoms with Gasteiger partial charge in [-0.1, -0.05) is 6.07 Å². The second kappa shape index (κ2) is 7.18. The Morgan fingerprint density at radius 3 is 2.71 bits per heavy atom. The molecule has 1 aromatic heterocycles. The lowest BCUT2D eigenvalue weighted by Crippen LogP contribution is -2.52. The van der Waals surface area contributed by atoms with Gasteiger partial charge in [-0.15, -0.1) is 11.3 Å². The van der Waals surface area contributed by atoms with Gasteiger partial charge in [0.2, 0.25) is 5.91 Å². The summed E-state index contributed by atoms with van der Waals surface area (Å²) in [6, 6.07) is 2.07. The molecular weight excluding hydrogens is 358 g/mol. The zero-order valence-corrected chi connectivity index (χ0v) is 14.2. The lowest BCUT2D eigenvalue weighted by atomic mass is 10.1. The van der Waals surface area contributed by atoms with Gasteiger partial charge in [0.15, 0.2) is 15.1 Å². The van der Waals surface area contributed by atoms with Gasteiger partial charge in [-0.05, 0) is 11.4 Å². The number of nitrogens with two attached hydrogens (primary N) is 1.